The first kappa shape index (κ1) is 11.9. The van der Waals surface area contributed by atoms with Crippen LogP contribution in [-0.2, 0) is 6.42 Å². The predicted octanol–water partition coefficient (Wildman–Crippen LogP) is 5.69. The summed E-state index contributed by atoms with van der Waals surface area (Å²) in [6, 6.07) is 23.9. The lowest BCUT2D eigenvalue weighted by molar-refractivity contribution is 1.26. The molecule has 4 rings (SSSR count). The molecule has 0 nitrogen and oxygen atoms in total. The van der Waals surface area contributed by atoms with Crippen LogP contribution in [0.15, 0.2) is 71.2 Å². The second-order valence-corrected chi connectivity index (χ2v) is 6.04. The SMILES string of the molecule is Brc1ccccc1-c1ccc2c(c1)-c1ccccc1C2. The largest absolute Gasteiger partial charge is 0.0619 e. The van der Waals surface area contributed by atoms with Gasteiger partial charge < -0.3 is 0 Å². The fraction of sp³-hybridized carbons (Fsp3) is 0.0526. The average molecular weight is 321 g/mol. The number of hydrogen-bond donors (Lipinski definition) is 0. The minimum Gasteiger partial charge on any atom is -0.0619 e. The Morgan fingerprint density at radius 3 is 2.20 bits per heavy atom. The molecule has 0 radical (unpaired) electrons. The highest BCUT2D eigenvalue weighted by atomic mass is 79.9. The molecular weight excluding hydrogens is 308 g/mol. The Kier molecular flexibility index (Phi) is 2.75. The third-order valence-electron chi connectivity index (χ3n) is 3.98. The number of benzene rings is 3. The van der Waals surface area contributed by atoms with Gasteiger partial charge in [-0.15, -0.1) is 0 Å². The highest BCUT2D eigenvalue weighted by molar-refractivity contribution is 9.10. The van der Waals surface area contributed by atoms with E-state index in [1.165, 1.54) is 33.4 Å². The van der Waals surface area contributed by atoms with E-state index in [1.54, 1.807) is 0 Å². The van der Waals surface area contributed by atoms with E-state index in [-0.39, 0.29) is 0 Å². The number of hydrogen-bond acceptors (Lipinski definition) is 0. The molecule has 0 aromatic heterocycles. The smallest absolute Gasteiger partial charge is 0.0253 e. The van der Waals surface area contributed by atoms with E-state index in [2.05, 4.69) is 82.7 Å². The molecule has 0 saturated carbocycles. The maximum Gasteiger partial charge on any atom is 0.0253 e. The molecule has 96 valence electrons. The summed E-state index contributed by atoms with van der Waals surface area (Å²) in [7, 11) is 0. The molecule has 3 aromatic carbocycles. The lowest BCUT2D eigenvalue weighted by atomic mass is 9.99. The molecule has 0 amide bonds. The topological polar surface area (TPSA) is 0 Å². The van der Waals surface area contributed by atoms with Gasteiger partial charge in [0.15, 0.2) is 0 Å². The summed E-state index contributed by atoms with van der Waals surface area (Å²) >= 11 is 3.65. The molecule has 1 aliphatic carbocycles. The van der Waals surface area contributed by atoms with Crippen molar-refractivity contribution in [3.63, 3.8) is 0 Å². The van der Waals surface area contributed by atoms with Crippen molar-refractivity contribution in [3.8, 4) is 22.3 Å². The molecule has 0 saturated heterocycles. The Balaban J connectivity index is 1.90. The first-order valence-corrected chi connectivity index (χ1v) is 7.58. The summed E-state index contributed by atoms with van der Waals surface area (Å²) < 4.78 is 1.14. The number of rotatable bonds is 1. The number of halogens is 1. The molecule has 0 fully saturated rings. The van der Waals surface area contributed by atoms with E-state index < -0.39 is 0 Å². The monoisotopic (exact) mass is 320 g/mol. The first-order chi connectivity index (χ1) is 9.83. The highest BCUT2D eigenvalue weighted by Gasteiger charge is 2.18. The van der Waals surface area contributed by atoms with Crippen molar-refractivity contribution in [1.82, 2.24) is 0 Å². The van der Waals surface area contributed by atoms with Gasteiger partial charge in [-0.2, -0.15) is 0 Å². The van der Waals surface area contributed by atoms with Gasteiger partial charge in [-0.3, -0.25) is 0 Å². The standard InChI is InChI=1S/C19H13Br/c20-19-8-4-3-7-17(19)15-10-9-14-11-13-5-1-2-6-16(13)18(14)12-15/h1-10,12H,11H2. The van der Waals surface area contributed by atoms with Crippen LogP contribution in [0.1, 0.15) is 11.1 Å². The minimum atomic E-state index is 1.06. The van der Waals surface area contributed by atoms with Crippen LogP contribution in [0, 0.1) is 0 Å². The third-order valence-corrected chi connectivity index (χ3v) is 4.67. The van der Waals surface area contributed by atoms with Crippen LogP contribution in [0.25, 0.3) is 22.3 Å². The van der Waals surface area contributed by atoms with Crippen LogP contribution in [0.4, 0.5) is 0 Å². The van der Waals surface area contributed by atoms with Crippen LogP contribution in [0.2, 0.25) is 0 Å². The summed E-state index contributed by atoms with van der Waals surface area (Å²) in [5.74, 6) is 0. The van der Waals surface area contributed by atoms with E-state index in [0.717, 1.165) is 10.9 Å². The van der Waals surface area contributed by atoms with Gasteiger partial charge in [0.25, 0.3) is 0 Å². The van der Waals surface area contributed by atoms with Crippen molar-refractivity contribution >= 4 is 15.9 Å². The van der Waals surface area contributed by atoms with Crippen molar-refractivity contribution in [2.75, 3.05) is 0 Å². The molecule has 0 spiro atoms. The quantitative estimate of drug-likeness (QED) is 0.423. The second-order valence-electron chi connectivity index (χ2n) is 5.19. The van der Waals surface area contributed by atoms with Crippen molar-refractivity contribution in [2.45, 2.75) is 6.42 Å². The van der Waals surface area contributed by atoms with Gasteiger partial charge in [-0.25, -0.2) is 0 Å². The van der Waals surface area contributed by atoms with Gasteiger partial charge in [0.1, 0.15) is 0 Å². The molecule has 0 unspecified atom stereocenters. The Morgan fingerprint density at radius 2 is 1.35 bits per heavy atom. The van der Waals surface area contributed by atoms with Gasteiger partial charge in [-0.1, -0.05) is 70.5 Å². The van der Waals surface area contributed by atoms with Crippen LogP contribution < -0.4 is 0 Å². The third kappa shape index (κ3) is 1.82. The Hall–Kier alpha value is -1.86. The summed E-state index contributed by atoms with van der Waals surface area (Å²) in [4.78, 5) is 0. The minimum absolute atomic E-state index is 1.06. The van der Waals surface area contributed by atoms with Gasteiger partial charge in [0.05, 0.1) is 0 Å². The van der Waals surface area contributed by atoms with Crippen LogP contribution in [0.3, 0.4) is 0 Å². The summed E-state index contributed by atoms with van der Waals surface area (Å²) in [5.41, 5.74) is 8.16. The Morgan fingerprint density at radius 1 is 0.650 bits per heavy atom. The van der Waals surface area contributed by atoms with Crippen molar-refractivity contribution in [2.24, 2.45) is 0 Å². The zero-order chi connectivity index (χ0) is 13.5. The Bertz CT molecular complexity index is 802. The summed E-state index contributed by atoms with van der Waals surface area (Å²) in [6.07, 6.45) is 1.06. The van der Waals surface area contributed by atoms with Crippen LogP contribution in [0.5, 0.6) is 0 Å². The predicted molar refractivity (Wildman–Crippen MR) is 87.8 cm³/mol. The van der Waals surface area contributed by atoms with Crippen molar-refractivity contribution in [1.29, 1.82) is 0 Å². The fourth-order valence-corrected chi connectivity index (χ4v) is 3.50. The van der Waals surface area contributed by atoms with Gasteiger partial charge in [-0.05, 0) is 51.9 Å². The van der Waals surface area contributed by atoms with E-state index in [1.807, 2.05) is 0 Å². The molecule has 0 bridgehead atoms. The molecule has 3 aromatic rings. The van der Waals surface area contributed by atoms with Crippen molar-refractivity contribution in [3.05, 3.63) is 82.3 Å². The first-order valence-electron chi connectivity index (χ1n) is 6.79. The zero-order valence-electron chi connectivity index (χ0n) is 10.9. The van der Waals surface area contributed by atoms with Crippen molar-refractivity contribution < 1.29 is 0 Å². The highest BCUT2D eigenvalue weighted by Crippen LogP contribution is 2.39. The lowest BCUT2D eigenvalue weighted by Crippen LogP contribution is -1.84. The average Bonchev–Trinajstić information content (AvgIpc) is 2.85. The van der Waals surface area contributed by atoms with Crippen LogP contribution in [-0.4, -0.2) is 0 Å². The molecule has 0 heterocycles. The molecule has 0 N–H and O–H groups in total. The van der Waals surface area contributed by atoms with E-state index in [4.69, 9.17) is 0 Å². The maximum absolute atomic E-state index is 3.65. The molecule has 0 atom stereocenters. The molecular formula is C19H13Br. The zero-order valence-corrected chi connectivity index (χ0v) is 12.5. The molecule has 0 aliphatic heterocycles. The lowest BCUT2D eigenvalue weighted by Gasteiger charge is -2.08. The molecule has 20 heavy (non-hydrogen) atoms. The van der Waals surface area contributed by atoms with E-state index in [9.17, 15) is 0 Å². The number of fused-ring (bicyclic) bond motifs is 3. The van der Waals surface area contributed by atoms with Crippen LogP contribution >= 0.6 is 15.9 Å². The van der Waals surface area contributed by atoms with E-state index >= 15 is 0 Å². The van der Waals surface area contributed by atoms with Gasteiger partial charge in [0, 0.05) is 4.47 Å². The summed E-state index contributed by atoms with van der Waals surface area (Å²) in [5, 5.41) is 0. The van der Waals surface area contributed by atoms with Gasteiger partial charge in [0.2, 0.25) is 0 Å². The Labute approximate surface area is 127 Å². The van der Waals surface area contributed by atoms with E-state index in [0.29, 0.717) is 0 Å². The van der Waals surface area contributed by atoms with Gasteiger partial charge >= 0.3 is 0 Å². The molecule has 1 heteroatoms. The second kappa shape index (κ2) is 4.60. The maximum atomic E-state index is 3.65. The summed E-state index contributed by atoms with van der Waals surface area (Å²) in [6.45, 7) is 0. The molecule has 1 aliphatic rings. The fourth-order valence-electron chi connectivity index (χ4n) is 2.99. The normalized spacial score (nSPS) is 12.1.